The van der Waals surface area contributed by atoms with Gasteiger partial charge in [-0.25, -0.2) is 4.39 Å². The average Bonchev–Trinajstić information content (AvgIpc) is 2.54. The average molecular weight is 341 g/mol. The van der Waals surface area contributed by atoms with E-state index in [2.05, 4.69) is 5.32 Å². The molecule has 0 aliphatic rings. The molecule has 2 aromatic carbocycles. The molecule has 2 rings (SSSR count). The van der Waals surface area contributed by atoms with Crippen molar-refractivity contribution in [3.05, 3.63) is 71.5 Å². The van der Waals surface area contributed by atoms with Crippen LogP contribution in [-0.2, 0) is 16.8 Å². The summed E-state index contributed by atoms with van der Waals surface area (Å²) in [5, 5.41) is 12.2. The van der Waals surface area contributed by atoms with E-state index >= 15 is 0 Å². The number of nitrogens with one attached hydrogen (secondary N) is 1. The molecular weight excluding hydrogens is 326 g/mol. The zero-order valence-electron chi connectivity index (χ0n) is 12.5. The second-order valence-corrected chi connectivity index (χ2v) is 5.30. The summed E-state index contributed by atoms with van der Waals surface area (Å²) in [4.78, 5) is 11.8. The highest BCUT2D eigenvalue weighted by Crippen LogP contribution is 2.38. The van der Waals surface area contributed by atoms with E-state index in [0.29, 0.717) is 5.56 Å². The Kier molecular flexibility index (Phi) is 5.23. The Bertz CT molecular complexity index is 686. The van der Waals surface area contributed by atoms with E-state index in [9.17, 15) is 27.5 Å². The van der Waals surface area contributed by atoms with Crippen LogP contribution in [0.15, 0.2) is 54.6 Å². The van der Waals surface area contributed by atoms with Gasteiger partial charge in [0.25, 0.3) is 0 Å². The molecule has 0 bridgehead atoms. The van der Waals surface area contributed by atoms with Gasteiger partial charge in [-0.05, 0) is 23.3 Å². The van der Waals surface area contributed by atoms with Crippen molar-refractivity contribution >= 4 is 5.91 Å². The zero-order valence-corrected chi connectivity index (χ0v) is 12.5. The van der Waals surface area contributed by atoms with Crippen molar-refractivity contribution in [1.82, 2.24) is 5.32 Å². The molecule has 0 spiro atoms. The Balaban J connectivity index is 2.08. The Morgan fingerprint density at radius 1 is 1.00 bits per heavy atom. The number of hydrogen-bond acceptors (Lipinski definition) is 2. The van der Waals surface area contributed by atoms with E-state index in [1.54, 1.807) is 0 Å². The summed E-state index contributed by atoms with van der Waals surface area (Å²) < 4.78 is 52.6. The van der Waals surface area contributed by atoms with Crippen LogP contribution >= 0.6 is 0 Å². The highest BCUT2D eigenvalue weighted by molar-refractivity contribution is 5.78. The zero-order chi connectivity index (χ0) is 17.8. The fourth-order valence-electron chi connectivity index (χ4n) is 2.16. The number of amides is 1. The molecule has 0 radical (unpaired) electrons. The maximum absolute atomic E-state index is 13.3. The standard InChI is InChI=1S/C17H15F4NO2/c18-14-8-6-12(7-9-14)10-15(23)22-11-16(24,17(19,20)21)13-4-2-1-3-5-13/h1-9,24H,10-11H2,(H,22,23). The molecule has 24 heavy (non-hydrogen) atoms. The van der Waals surface area contributed by atoms with Crippen molar-refractivity contribution < 1.29 is 27.5 Å². The predicted octanol–water partition coefficient (Wildman–Crippen LogP) is 2.93. The van der Waals surface area contributed by atoms with Crippen LogP contribution in [0.5, 0.6) is 0 Å². The second-order valence-electron chi connectivity index (χ2n) is 5.30. The van der Waals surface area contributed by atoms with Gasteiger partial charge >= 0.3 is 6.18 Å². The molecule has 0 saturated heterocycles. The number of alkyl halides is 3. The Morgan fingerprint density at radius 3 is 2.12 bits per heavy atom. The molecule has 2 aromatic rings. The number of aliphatic hydroxyl groups is 1. The van der Waals surface area contributed by atoms with Gasteiger partial charge in [-0.2, -0.15) is 13.2 Å². The minimum Gasteiger partial charge on any atom is -0.375 e. The summed E-state index contributed by atoms with van der Waals surface area (Å²) in [5.41, 5.74) is -3.10. The van der Waals surface area contributed by atoms with Crippen LogP contribution < -0.4 is 5.32 Å². The second kappa shape index (κ2) is 7.00. The fourth-order valence-corrected chi connectivity index (χ4v) is 2.16. The van der Waals surface area contributed by atoms with Gasteiger partial charge in [-0.1, -0.05) is 42.5 Å². The van der Waals surface area contributed by atoms with Crippen LogP contribution in [0.3, 0.4) is 0 Å². The largest absolute Gasteiger partial charge is 0.423 e. The lowest BCUT2D eigenvalue weighted by molar-refractivity contribution is -0.264. The number of carbonyl (C=O) groups is 1. The molecule has 1 unspecified atom stereocenters. The first kappa shape index (κ1) is 17.9. The minimum absolute atomic E-state index is 0.219. The van der Waals surface area contributed by atoms with Gasteiger partial charge in [0.05, 0.1) is 13.0 Å². The van der Waals surface area contributed by atoms with Gasteiger partial charge in [0.15, 0.2) is 0 Å². The molecule has 0 aliphatic carbocycles. The van der Waals surface area contributed by atoms with Gasteiger partial charge < -0.3 is 10.4 Å². The van der Waals surface area contributed by atoms with E-state index in [1.807, 2.05) is 0 Å². The lowest BCUT2D eigenvalue weighted by Crippen LogP contribution is -2.51. The first-order chi connectivity index (χ1) is 11.2. The van der Waals surface area contributed by atoms with Crippen LogP contribution in [0.1, 0.15) is 11.1 Å². The van der Waals surface area contributed by atoms with E-state index in [1.165, 1.54) is 30.3 Å². The van der Waals surface area contributed by atoms with Crippen molar-refractivity contribution in [2.24, 2.45) is 0 Å². The highest BCUT2D eigenvalue weighted by atomic mass is 19.4. The number of carbonyl (C=O) groups excluding carboxylic acids is 1. The van der Waals surface area contributed by atoms with Gasteiger partial charge in [-0.15, -0.1) is 0 Å². The predicted molar refractivity (Wildman–Crippen MR) is 79.5 cm³/mol. The molecule has 0 saturated carbocycles. The molecule has 0 fully saturated rings. The van der Waals surface area contributed by atoms with Gasteiger partial charge in [0.1, 0.15) is 5.82 Å². The minimum atomic E-state index is -4.96. The first-order valence-corrected chi connectivity index (χ1v) is 7.08. The number of halogens is 4. The molecule has 1 amide bonds. The van der Waals surface area contributed by atoms with Gasteiger partial charge in [0, 0.05) is 0 Å². The highest BCUT2D eigenvalue weighted by Gasteiger charge is 2.55. The van der Waals surface area contributed by atoms with E-state index in [-0.39, 0.29) is 12.0 Å². The molecule has 0 aromatic heterocycles. The summed E-state index contributed by atoms with van der Waals surface area (Å²) >= 11 is 0. The summed E-state index contributed by atoms with van der Waals surface area (Å²) in [6.45, 7) is -1.01. The monoisotopic (exact) mass is 341 g/mol. The van der Waals surface area contributed by atoms with E-state index in [0.717, 1.165) is 24.3 Å². The van der Waals surface area contributed by atoms with Crippen LogP contribution in [0.4, 0.5) is 17.6 Å². The SMILES string of the molecule is O=C(Cc1ccc(F)cc1)NCC(O)(c1ccccc1)C(F)(F)F. The number of rotatable bonds is 5. The molecule has 0 aliphatic heterocycles. The fraction of sp³-hybridized carbons (Fsp3) is 0.235. The Labute approximate surface area is 135 Å². The van der Waals surface area contributed by atoms with E-state index < -0.39 is 30.0 Å². The van der Waals surface area contributed by atoms with Crippen LogP contribution in [0.2, 0.25) is 0 Å². The Morgan fingerprint density at radius 2 is 1.58 bits per heavy atom. The van der Waals surface area contributed by atoms with E-state index in [4.69, 9.17) is 0 Å². The topological polar surface area (TPSA) is 49.3 Å². The summed E-state index contributed by atoms with van der Waals surface area (Å²) in [6.07, 6.45) is -5.18. The smallest absolute Gasteiger partial charge is 0.375 e. The maximum atomic E-state index is 13.3. The van der Waals surface area contributed by atoms with Crippen LogP contribution in [0, 0.1) is 5.82 Å². The van der Waals surface area contributed by atoms with Gasteiger partial charge in [0.2, 0.25) is 11.5 Å². The third kappa shape index (κ3) is 4.11. The van der Waals surface area contributed by atoms with Crippen molar-refractivity contribution in [1.29, 1.82) is 0 Å². The lowest BCUT2D eigenvalue weighted by atomic mass is 9.93. The Hall–Kier alpha value is -2.41. The quantitative estimate of drug-likeness (QED) is 0.822. The van der Waals surface area contributed by atoms with Crippen molar-refractivity contribution in [3.8, 4) is 0 Å². The third-order valence-electron chi connectivity index (χ3n) is 3.54. The normalized spacial score (nSPS) is 14.0. The number of hydrogen-bond donors (Lipinski definition) is 2. The summed E-state index contributed by atoms with van der Waals surface area (Å²) in [5.74, 6) is -1.19. The molecular formula is C17H15F4NO2. The maximum Gasteiger partial charge on any atom is 0.423 e. The first-order valence-electron chi connectivity index (χ1n) is 7.08. The molecule has 7 heteroatoms. The van der Waals surface area contributed by atoms with Crippen molar-refractivity contribution in [3.63, 3.8) is 0 Å². The van der Waals surface area contributed by atoms with Crippen molar-refractivity contribution in [2.75, 3.05) is 6.54 Å². The molecule has 128 valence electrons. The number of benzene rings is 2. The van der Waals surface area contributed by atoms with Gasteiger partial charge in [-0.3, -0.25) is 4.79 Å². The van der Waals surface area contributed by atoms with Crippen LogP contribution in [0.25, 0.3) is 0 Å². The molecule has 2 N–H and O–H groups in total. The van der Waals surface area contributed by atoms with Crippen LogP contribution in [-0.4, -0.2) is 23.7 Å². The molecule has 1 atom stereocenters. The summed E-state index contributed by atoms with van der Waals surface area (Å²) in [7, 11) is 0. The molecule has 3 nitrogen and oxygen atoms in total. The van der Waals surface area contributed by atoms with Crippen molar-refractivity contribution in [2.45, 2.75) is 18.2 Å². The summed E-state index contributed by atoms with van der Waals surface area (Å²) in [6, 6.07) is 11.6. The lowest BCUT2D eigenvalue weighted by Gasteiger charge is -2.31. The third-order valence-corrected chi connectivity index (χ3v) is 3.54. The molecule has 0 heterocycles.